The minimum Gasteiger partial charge on any atom is -0.444 e. The molecule has 0 radical (unpaired) electrons. The van der Waals surface area contributed by atoms with E-state index in [4.69, 9.17) is 16.2 Å². The van der Waals surface area contributed by atoms with Gasteiger partial charge in [-0.15, -0.1) is 0 Å². The third-order valence-electron chi connectivity index (χ3n) is 6.85. The first kappa shape index (κ1) is 39.1. The summed E-state index contributed by atoms with van der Waals surface area (Å²) in [5.41, 5.74) is 11.6. The Morgan fingerprint density at radius 1 is 0.955 bits per heavy atom. The van der Waals surface area contributed by atoms with E-state index in [1.807, 2.05) is 0 Å². The second-order valence-corrected chi connectivity index (χ2v) is 13.6. The summed E-state index contributed by atoms with van der Waals surface area (Å²) in [4.78, 5) is 54.8. The molecular formula is C32H52F2N4O6. The molecule has 1 rings (SSSR count). The molecule has 0 spiro atoms. The molecule has 0 fully saturated rings. The third-order valence-corrected chi connectivity index (χ3v) is 6.85. The summed E-state index contributed by atoms with van der Waals surface area (Å²) in [5, 5.41) is 13.3. The first-order valence-corrected chi connectivity index (χ1v) is 15.1. The van der Waals surface area contributed by atoms with Crippen molar-refractivity contribution in [1.29, 1.82) is 0 Å². The maximum atomic E-state index is 16.6. The van der Waals surface area contributed by atoms with Crippen molar-refractivity contribution < 1.29 is 37.8 Å². The van der Waals surface area contributed by atoms with Crippen LogP contribution in [-0.4, -0.2) is 75.5 Å². The van der Waals surface area contributed by atoms with Crippen LogP contribution in [0.1, 0.15) is 80.7 Å². The number of aliphatic hydroxyl groups is 1. The second-order valence-electron chi connectivity index (χ2n) is 13.6. The van der Waals surface area contributed by atoms with Crippen LogP contribution in [0.3, 0.4) is 0 Å². The lowest BCUT2D eigenvalue weighted by Gasteiger charge is -2.41. The highest BCUT2D eigenvalue weighted by Gasteiger charge is 2.59. The van der Waals surface area contributed by atoms with Crippen molar-refractivity contribution in [3.05, 3.63) is 35.9 Å². The number of amides is 3. The van der Waals surface area contributed by atoms with E-state index in [9.17, 15) is 24.3 Å². The summed E-state index contributed by atoms with van der Waals surface area (Å²) in [5.74, 6) is -9.26. The fourth-order valence-electron chi connectivity index (χ4n) is 4.61. The van der Waals surface area contributed by atoms with Crippen LogP contribution in [0.25, 0.3) is 0 Å². The minimum atomic E-state index is -4.44. The SMILES string of the molecule is CC(C)CC(=O)N(C(=O)[C@@H](N)C(C)C)C(C(=O)[C@H](Cc1ccccc1)NC(=O)OC(C)(C)C)C(F)(F)C(O)C(N)CC(C)C. The van der Waals surface area contributed by atoms with Gasteiger partial charge in [-0.1, -0.05) is 71.9 Å². The van der Waals surface area contributed by atoms with Gasteiger partial charge in [0.2, 0.25) is 11.8 Å². The van der Waals surface area contributed by atoms with E-state index in [1.54, 1.807) is 92.6 Å². The molecule has 6 N–H and O–H groups in total. The molecule has 44 heavy (non-hydrogen) atoms. The van der Waals surface area contributed by atoms with Crippen LogP contribution >= 0.6 is 0 Å². The van der Waals surface area contributed by atoms with Crippen LogP contribution in [0.2, 0.25) is 0 Å². The Balaban J connectivity index is 3.95. The highest BCUT2D eigenvalue weighted by atomic mass is 19.3. The monoisotopic (exact) mass is 626 g/mol. The van der Waals surface area contributed by atoms with Gasteiger partial charge >= 0.3 is 12.0 Å². The predicted octanol–water partition coefficient (Wildman–Crippen LogP) is 3.81. The molecule has 5 atom stereocenters. The van der Waals surface area contributed by atoms with Crippen LogP contribution in [0.15, 0.2) is 30.3 Å². The van der Waals surface area contributed by atoms with Crippen LogP contribution in [-0.2, 0) is 25.5 Å². The number of hydrogen-bond donors (Lipinski definition) is 4. The van der Waals surface area contributed by atoms with Crippen molar-refractivity contribution >= 4 is 23.7 Å². The number of carbonyl (C=O) groups is 4. The lowest BCUT2D eigenvalue weighted by molar-refractivity contribution is -0.187. The van der Waals surface area contributed by atoms with Crippen molar-refractivity contribution in [3.63, 3.8) is 0 Å². The summed E-state index contributed by atoms with van der Waals surface area (Å²) >= 11 is 0. The first-order valence-electron chi connectivity index (χ1n) is 15.1. The Morgan fingerprint density at radius 3 is 1.95 bits per heavy atom. The van der Waals surface area contributed by atoms with Crippen molar-refractivity contribution in [2.24, 2.45) is 29.2 Å². The van der Waals surface area contributed by atoms with Crippen LogP contribution < -0.4 is 16.8 Å². The maximum absolute atomic E-state index is 16.6. The molecule has 0 heterocycles. The third kappa shape index (κ3) is 11.5. The molecule has 0 saturated heterocycles. The number of ketones is 1. The van der Waals surface area contributed by atoms with Gasteiger partial charge in [0.15, 0.2) is 11.8 Å². The van der Waals surface area contributed by atoms with Gasteiger partial charge < -0.3 is 26.6 Å². The van der Waals surface area contributed by atoms with E-state index in [0.29, 0.717) is 5.56 Å². The largest absolute Gasteiger partial charge is 0.444 e. The van der Waals surface area contributed by atoms with E-state index in [1.165, 1.54) is 0 Å². The first-order chi connectivity index (χ1) is 20.1. The fraction of sp³-hybridized carbons (Fsp3) is 0.688. The smallest absolute Gasteiger partial charge is 0.408 e. The number of halogens is 2. The number of carbonyl (C=O) groups excluding carboxylic acids is 4. The fourth-order valence-corrected chi connectivity index (χ4v) is 4.61. The number of nitrogens with one attached hydrogen (secondary N) is 1. The number of nitrogens with zero attached hydrogens (tertiary/aromatic N) is 1. The number of hydrogen-bond acceptors (Lipinski definition) is 8. The van der Waals surface area contributed by atoms with Crippen molar-refractivity contribution in [3.8, 4) is 0 Å². The van der Waals surface area contributed by atoms with E-state index in [0.717, 1.165) is 0 Å². The van der Waals surface area contributed by atoms with E-state index < -0.39 is 71.4 Å². The molecule has 10 nitrogen and oxygen atoms in total. The molecule has 0 bridgehead atoms. The quantitative estimate of drug-likeness (QED) is 0.228. The molecule has 3 amide bonds. The molecule has 3 unspecified atom stereocenters. The Morgan fingerprint density at radius 2 is 1.50 bits per heavy atom. The summed E-state index contributed by atoms with van der Waals surface area (Å²) in [6.45, 7) is 14.6. The lowest BCUT2D eigenvalue weighted by Crippen LogP contribution is -2.68. The summed E-state index contributed by atoms with van der Waals surface area (Å²) in [6.07, 6.45) is -4.39. The van der Waals surface area contributed by atoms with Gasteiger partial charge in [-0.3, -0.25) is 19.3 Å². The maximum Gasteiger partial charge on any atom is 0.408 e. The normalized spacial score (nSPS) is 15.8. The molecule has 12 heteroatoms. The number of alkyl halides is 2. The standard InChI is InChI=1S/C32H52F2N4O6/c1-18(2)15-22(35)28(41)32(33,34)27(38(24(39)16-19(3)4)29(42)25(36)20(5)6)26(40)23(17-21-13-11-10-12-14-21)37-30(43)44-31(7,8)9/h10-14,18-20,22-23,25,27-28,41H,15-17,35-36H2,1-9H3,(H,37,43)/t22?,23-,25-,27?,28?/m0/s1. The van der Waals surface area contributed by atoms with Gasteiger partial charge in [0.25, 0.3) is 0 Å². The van der Waals surface area contributed by atoms with Gasteiger partial charge in [0.05, 0.1) is 12.1 Å². The Kier molecular flexibility index (Phi) is 14.5. The van der Waals surface area contributed by atoms with E-state index in [2.05, 4.69) is 5.32 Å². The van der Waals surface area contributed by atoms with E-state index in [-0.39, 0.29) is 36.0 Å². The average Bonchev–Trinajstić information content (AvgIpc) is 2.88. The lowest BCUT2D eigenvalue weighted by atomic mass is 9.86. The second kappa shape index (κ2) is 16.4. The highest BCUT2D eigenvalue weighted by Crippen LogP contribution is 2.33. The molecule has 0 aliphatic heterocycles. The molecule has 0 saturated carbocycles. The number of nitrogens with two attached hydrogens (primary N) is 2. The topological polar surface area (TPSA) is 165 Å². The molecule has 0 aliphatic rings. The molecule has 1 aromatic rings. The molecule has 0 aromatic heterocycles. The average molecular weight is 627 g/mol. The number of rotatable bonds is 15. The zero-order valence-electron chi connectivity index (χ0n) is 27.5. The molecule has 1 aromatic carbocycles. The minimum absolute atomic E-state index is 0.0410. The van der Waals surface area contributed by atoms with Crippen LogP contribution in [0, 0.1) is 17.8 Å². The molecule has 0 aliphatic carbocycles. The summed E-state index contributed by atoms with van der Waals surface area (Å²) in [6, 6.07) is 0.801. The molecule has 250 valence electrons. The Bertz CT molecular complexity index is 1110. The highest BCUT2D eigenvalue weighted by molar-refractivity contribution is 6.05. The zero-order valence-corrected chi connectivity index (χ0v) is 27.5. The number of aliphatic hydroxyl groups excluding tert-OH is 1. The summed E-state index contributed by atoms with van der Waals surface area (Å²) < 4.78 is 38.6. The zero-order chi connectivity index (χ0) is 34.2. The van der Waals surface area contributed by atoms with Crippen LogP contribution in [0.5, 0.6) is 0 Å². The van der Waals surface area contributed by atoms with Crippen molar-refractivity contribution in [2.75, 3.05) is 0 Å². The van der Waals surface area contributed by atoms with Gasteiger partial charge in [-0.25, -0.2) is 13.6 Å². The number of ether oxygens (including phenoxy) is 1. The van der Waals surface area contributed by atoms with E-state index >= 15 is 8.78 Å². The van der Waals surface area contributed by atoms with Gasteiger partial charge in [0, 0.05) is 12.5 Å². The van der Waals surface area contributed by atoms with Gasteiger partial charge in [-0.2, -0.15) is 0 Å². The Hall–Kier alpha value is -2.96. The number of alkyl carbamates (subject to hydrolysis) is 1. The predicted molar refractivity (Wildman–Crippen MR) is 165 cm³/mol. The van der Waals surface area contributed by atoms with Crippen LogP contribution in [0.4, 0.5) is 13.6 Å². The van der Waals surface area contributed by atoms with Gasteiger partial charge in [0.1, 0.15) is 11.7 Å². The Labute approximate surface area is 260 Å². The number of Topliss-reactive ketones (excluding diaryl/α,β-unsaturated/α-hetero) is 1. The molecular weight excluding hydrogens is 574 g/mol. The number of imide groups is 1. The number of benzene rings is 1. The van der Waals surface area contributed by atoms with Crippen molar-refractivity contribution in [2.45, 2.75) is 123 Å². The van der Waals surface area contributed by atoms with Gasteiger partial charge in [-0.05, 0) is 56.9 Å². The van der Waals surface area contributed by atoms with Crippen molar-refractivity contribution in [1.82, 2.24) is 10.2 Å². The summed E-state index contributed by atoms with van der Waals surface area (Å²) in [7, 11) is 0.